The van der Waals surface area contributed by atoms with Crippen LogP contribution >= 0.6 is 15.9 Å². The van der Waals surface area contributed by atoms with E-state index in [2.05, 4.69) is 15.9 Å². The van der Waals surface area contributed by atoms with Crippen molar-refractivity contribution in [2.24, 2.45) is 0 Å². The van der Waals surface area contributed by atoms with Crippen LogP contribution in [0.3, 0.4) is 0 Å². The molecule has 1 N–H and O–H groups in total. The van der Waals surface area contributed by atoms with Crippen LogP contribution < -0.4 is 0 Å². The molecule has 0 unspecified atom stereocenters. The Bertz CT molecular complexity index is 712. The van der Waals surface area contributed by atoms with Gasteiger partial charge >= 0.3 is 0 Å². The van der Waals surface area contributed by atoms with Crippen molar-refractivity contribution in [3.8, 4) is 5.75 Å². The third-order valence-electron chi connectivity index (χ3n) is 3.91. The second kappa shape index (κ2) is 5.53. The summed E-state index contributed by atoms with van der Waals surface area (Å²) < 4.78 is 0.858. The van der Waals surface area contributed by atoms with Crippen LogP contribution in [0.4, 0.5) is 0 Å². The predicted molar refractivity (Wildman–Crippen MR) is 85.4 cm³/mol. The van der Waals surface area contributed by atoms with Crippen molar-refractivity contribution < 1.29 is 9.90 Å². The highest BCUT2D eigenvalue weighted by Gasteiger charge is 2.23. The van der Waals surface area contributed by atoms with Crippen LogP contribution in [0.1, 0.15) is 27.0 Å². The van der Waals surface area contributed by atoms with Crippen LogP contribution in [0.5, 0.6) is 5.75 Å². The zero-order chi connectivity index (χ0) is 15.0. The number of benzene rings is 2. The van der Waals surface area contributed by atoms with Gasteiger partial charge in [-0.15, -0.1) is 0 Å². The fourth-order valence-corrected chi connectivity index (χ4v) is 3.13. The van der Waals surface area contributed by atoms with Gasteiger partial charge in [0, 0.05) is 17.6 Å². The molecular weight excluding hydrogens is 330 g/mol. The molecule has 0 atom stereocenters. The first-order valence-electron chi connectivity index (χ1n) is 6.91. The average molecular weight is 346 g/mol. The number of rotatable bonds is 1. The Morgan fingerprint density at radius 2 is 2.05 bits per heavy atom. The van der Waals surface area contributed by atoms with Gasteiger partial charge in [0.2, 0.25) is 0 Å². The summed E-state index contributed by atoms with van der Waals surface area (Å²) >= 11 is 3.50. The van der Waals surface area contributed by atoms with Crippen molar-refractivity contribution in [1.29, 1.82) is 0 Å². The lowest BCUT2D eigenvalue weighted by Gasteiger charge is -2.29. The van der Waals surface area contributed by atoms with Crippen molar-refractivity contribution in [3.63, 3.8) is 0 Å². The fourth-order valence-electron chi connectivity index (χ4n) is 2.70. The number of phenolic OH excluding ortho intramolecular Hbond substituents is 1. The summed E-state index contributed by atoms with van der Waals surface area (Å²) in [7, 11) is 0. The molecule has 0 saturated heterocycles. The molecule has 1 aliphatic rings. The zero-order valence-electron chi connectivity index (χ0n) is 11.8. The van der Waals surface area contributed by atoms with E-state index in [9.17, 15) is 9.90 Å². The number of aryl methyl sites for hydroxylation is 1. The summed E-state index contributed by atoms with van der Waals surface area (Å²) in [6, 6.07) is 11.1. The number of carbonyl (C=O) groups is 1. The maximum atomic E-state index is 12.7. The smallest absolute Gasteiger partial charge is 0.255 e. The van der Waals surface area contributed by atoms with Crippen molar-refractivity contribution in [2.75, 3.05) is 6.54 Å². The summed E-state index contributed by atoms with van der Waals surface area (Å²) in [6.45, 7) is 3.23. The fraction of sp³-hybridized carbons (Fsp3) is 0.235. The molecule has 4 heteroatoms. The quantitative estimate of drug-likeness (QED) is 0.856. The normalized spacial score (nSPS) is 13.9. The number of fused-ring (bicyclic) bond motifs is 1. The van der Waals surface area contributed by atoms with Gasteiger partial charge in [0.25, 0.3) is 5.91 Å². The maximum absolute atomic E-state index is 12.7. The lowest BCUT2D eigenvalue weighted by Crippen LogP contribution is -2.36. The molecule has 0 saturated carbocycles. The molecule has 0 aromatic heterocycles. The third kappa shape index (κ3) is 2.68. The van der Waals surface area contributed by atoms with E-state index in [0.29, 0.717) is 18.7 Å². The number of carbonyl (C=O) groups excluding carboxylic acids is 1. The Morgan fingerprint density at radius 3 is 2.86 bits per heavy atom. The van der Waals surface area contributed by atoms with Crippen LogP contribution in [0.15, 0.2) is 40.9 Å². The highest BCUT2D eigenvalue weighted by atomic mass is 79.9. The molecule has 0 bridgehead atoms. The summed E-state index contributed by atoms with van der Waals surface area (Å²) in [4.78, 5) is 14.5. The van der Waals surface area contributed by atoms with Gasteiger partial charge in [-0.2, -0.15) is 0 Å². The van der Waals surface area contributed by atoms with Gasteiger partial charge in [0.1, 0.15) is 5.75 Å². The topological polar surface area (TPSA) is 40.5 Å². The SMILES string of the molecule is Cc1cccc(C(=O)N2CCc3ccc(O)cc3C2)c1Br. The minimum absolute atomic E-state index is 0.0274. The first-order chi connectivity index (χ1) is 10.1. The molecule has 21 heavy (non-hydrogen) atoms. The van der Waals surface area contributed by atoms with Gasteiger partial charge in [-0.25, -0.2) is 0 Å². The first kappa shape index (κ1) is 14.1. The van der Waals surface area contributed by atoms with Gasteiger partial charge in [0.15, 0.2) is 0 Å². The van der Waals surface area contributed by atoms with Crippen LogP contribution in [0.2, 0.25) is 0 Å². The molecule has 1 aliphatic heterocycles. The molecule has 0 fully saturated rings. The molecule has 0 spiro atoms. The highest BCUT2D eigenvalue weighted by Crippen LogP contribution is 2.27. The first-order valence-corrected chi connectivity index (χ1v) is 7.70. The minimum Gasteiger partial charge on any atom is -0.508 e. The van der Waals surface area contributed by atoms with E-state index in [1.165, 1.54) is 5.56 Å². The van der Waals surface area contributed by atoms with E-state index in [1.54, 1.807) is 12.1 Å². The van der Waals surface area contributed by atoms with Crippen molar-refractivity contribution in [3.05, 3.63) is 63.1 Å². The van der Waals surface area contributed by atoms with Gasteiger partial charge < -0.3 is 10.0 Å². The third-order valence-corrected chi connectivity index (χ3v) is 4.96. The Balaban J connectivity index is 1.89. The molecule has 3 nitrogen and oxygen atoms in total. The molecule has 108 valence electrons. The number of nitrogens with zero attached hydrogens (tertiary/aromatic N) is 1. The van der Waals surface area contributed by atoms with Crippen LogP contribution in [0, 0.1) is 6.92 Å². The number of aromatic hydroxyl groups is 1. The van der Waals surface area contributed by atoms with Gasteiger partial charge in [-0.1, -0.05) is 18.2 Å². The Kier molecular flexibility index (Phi) is 3.72. The van der Waals surface area contributed by atoms with E-state index in [0.717, 1.165) is 22.0 Å². The summed E-state index contributed by atoms with van der Waals surface area (Å²) in [5.41, 5.74) is 3.98. The summed E-state index contributed by atoms with van der Waals surface area (Å²) in [5, 5.41) is 9.60. The van der Waals surface area contributed by atoms with Crippen molar-refractivity contribution >= 4 is 21.8 Å². The second-order valence-corrected chi connectivity index (χ2v) is 6.16. The lowest BCUT2D eigenvalue weighted by molar-refractivity contribution is 0.0733. The number of hydrogen-bond donors (Lipinski definition) is 1. The van der Waals surface area contributed by atoms with Gasteiger partial charge in [-0.3, -0.25) is 4.79 Å². The molecule has 0 aliphatic carbocycles. The van der Waals surface area contributed by atoms with Crippen LogP contribution in [0.25, 0.3) is 0 Å². The van der Waals surface area contributed by atoms with Crippen LogP contribution in [-0.2, 0) is 13.0 Å². The largest absolute Gasteiger partial charge is 0.508 e. The molecule has 0 radical (unpaired) electrons. The standard InChI is InChI=1S/C17H16BrNO2/c1-11-3-2-4-15(16(11)18)17(21)19-8-7-12-5-6-14(20)9-13(12)10-19/h2-6,9,20H,7-8,10H2,1H3. The van der Waals surface area contributed by atoms with Crippen LogP contribution in [-0.4, -0.2) is 22.5 Å². The number of hydrogen-bond acceptors (Lipinski definition) is 2. The van der Waals surface area contributed by atoms with E-state index in [-0.39, 0.29) is 11.7 Å². The van der Waals surface area contributed by atoms with E-state index < -0.39 is 0 Å². The van der Waals surface area contributed by atoms with E-state index >= 15 is 0 Å². The molecule has 1 heterocycles. The van der Waals surface area contributed by atoms with Gasteiger partial charge in [0.05, 0.1) is 5.56 Å². The van der Waals surface area contributed by atoms with E-state index in [4.69, 9.17) is 0 Å². The number of amides is 1. The molecule has 2 aromatic rings. The summed E-state index contributed by atoms with van der Waals surface area (Å²) in [5.74, 6) is 0.277. The molecule has 3 rings (SSSR count). The monoisotopic (exact) mass is 345 g/mol. The zero-order valence-corrected chi connectivity index (χ0v) is 13.4. The Morgan fingerprint density at radius 1 is 1.24 bits per heavy atom. The molecular formula is C17H16BrNO2. The molecule has 2 aromatic carbocycles. The maximum Gasteiger partial charge on any atom is 0.255 e. The molecule has 1 amide bonds. The average Bonchev–Trinajstić information content (AvgIpc) is 2.48. The van der Waals surface area contributed by atoms with Crippen molar-refractivity contribution in [2.45, 2.75) is 19.9 Å². The Labute approximate surface area is 132 Å². The summed E-state index contributed by atoms with van der Waals surface area (Å²) in [6.07, 6.45) is 0.824. The minimum atomic E-state index is 0.0274. The number of phenols is 1. The highest BCUT2D eigenvalue weighted by molar-refractivity contribution is 9.10. The number of halogens is 1. The van der Waals surface area contributed by atoms with E-state index in [1.807, 2.05) is 36.1 Å². The second-order valence-electron chi connectivity index (χ2n) is 5.37. The predicted octanol–water partition coefficient (Wildman–Crippen LogP) is 3.66. The Hall–Kier alpha value is -1.81. The van der Waals surface area contributed by atoms with Gasteiger partial charge in [-0.05, 0) is 64.2 Å². The lowest BCUT2D eigenvalue weighted by atomic mass is 9.98. The van der Waals surface area contributed by atoms with Crippen molar-refractivity contribution in [1.82, 2.24) is 4.90 Å².